The van der Waals surface area contributed by atoms with Gasteiger partial charge in [0.1, 0.15) is 6.10 Å². The summed E-state index contributed by atoms with van der Waals surface area (Å²) in [7, 11) is 0. The van der Waals surface area contributed by atoms with Crippen molar-refractivity contribution in [1.82, 2.24) is 0 Å². The Balaban J connectivity index is 1.23. The summed E-state index contributed by atoms with van der Waals surface area (Å²) in [5, 5.41) is 0. The standard InChI is InChI=1S/C31H42O2/c1-3-5-23-7-11-25(12-8-23)27-15-17-29(18-16-27)31(32)33-30-21-19-28(20-22-30)26-13-9-24(6-4-2)10-14-26/h9-10,13-18,23,25,28,30H,3-8,11-12,19-22H2,1-2H3/t23-,25-,28?,30?. The number of carbonyl (C=O) groups excluding carboxylic acids is 1. The monoisotopic (exact) mass is 446 g/mol. The van der Waals surface area contributed by atoms with E-state index in [2.05, 4.69) is 50.2 Å². The van der Waals surface area contributed by atoms with Crippen molar-refractivity contribution in [2.75, 3.05) is 0 Å². The minimum absolute atomic E-state index is 0.0571. The quantitative estimate of drug-likeness (QED) is 0.379. The molecule has 0 N–H and O–H groups in total. The van der Waals surface area contributed by atoms with Crippen LogP contribution in [0.25, 0.3) is 0 Å². The van der Waals surface area contributed by atoms with Gasteiger partial charge in [-0.05, 0) is 104 Å². The number of aryl methyl sites for hydroxylation is 1. The molecule has 2 fully saturated rings. The molecule has 0 atom stereocenters. The summed E-state index contributed by atoms with van der Waals surface area (Å²) < 4.78 is 5.90. The van der Waals surface area contributed by atoms with E-state index in [4.69, 9.17) is 4.74 Å². The first-order valence-corrected chi connectivity index (χ1v) is 13.6. The predicted octanol–water partition coefficient (Wildman–Crippen LogP) is 8.60. The van der Waals surface area contributed by atoms with Gasteiger partial charge in [-0.1, -0.05) is 69.5 Å². The molecule has 0 bridgehead atoms. The summed E-state index contributed by atoms with van der Waals surface area (Å²) in [6.45, 7) is 4.52. The lowest BCUT2D eigenvalue weighted by atomic mass is 9.77. The summed E-state index contributed by atoms with van der Waals surface area (Å²) >= 11 is 0. The van der Waals surface area contributed by atoms with Crippen LogP contribution in [0, 0.1) is 5.92 Å². The molecular weight excluding hydrogens is 404 g/mol. The van der Waals surface area contributed by atoms with Crippen molar-refractivity contribution in [2.45, 2.75) is 109 Å². The van der Waals surface area contributed by atoms with E-state index < -0.39 is 0 Å². The van der Waals surface area contributed by atoms with Crippen molar-refractivity contribution in [3.63, 3.8) is 0 Å². The first-order valence-electron chi connectivity index (χ1n) is 13.6. The Hall–Kier alpha value is -2.09. The highest BCUT2D eigenvalue weighted by molar-refractivity contribution is 5.89. The second-order valence-electron chi connectivity index (χ2n) is 10.5. The molecule has 2 aromatic rings. The van der Waals surface area contributed by atoms with E-state index in [0.717, 1.165) is 38.0 Å². The molecule has 0 amide bonds. The highest BCUT2D eigenvalue weighted by Crippen LogP contribution is 2.38. The normalized spacial score (nSPS) is 25.5. The maximum absolute atomic E-state index is 12.7. The van der Waals surface area contributed by atoms with E-state index in [-0.39, 0.29) is 12.1 Å². The molecular formula is C31H42O2. The number of hydrogen-bond acceptors (Lipinski definition) is 2. The third-order valence-electron chi connectivity index (χ3n) is 8.10. The van der Waals surface area contributed by atoms with Crippen LogP contribution < -0.4 is 0 Å². The van der Waals surface area contributed by atoms with Crippen LogP contribution in [0.3, 0.4) is 0 Å². The molecule has 0 aromatic heterocycles. The number of benzene rings is 2. The summed E-state index contributed by atoms with van der Waals surface area (Å²) in [6.07, 6.45) is 14.5. The average molecular weight is 447 g/mol. The SMILES string of the molecule is CCCc1ccc(C2CCC(OC(=O)c3ccc([C@H]4CC[C@H](CCC)CC4)cc3)CC2)cc1. The van der Waals surface area contributed by atoms with Crippen LogP contribution in [0.5, 0.6) is 0 Å². The van der Waals surface area contributed by atoms with E-state index >= 15 is 0 Å². The Morgan fingerprint density at radius 3 is 1.82 bits per heavy atom. The molecule has 2 heteroatoms. The minimum Gasteiger partial charge on any atom is -0.459 e. The van der Waals surface area contributed by atoms with Crippen molar-refractivity contribution in [3.05, 3.63) is 70.8 Å². The highest BCUT2D eigenvalue weighted by atomic mass is 16.5. The van der Waals surface area contributed by atoms with Gasteiger partial charge in [-0.15, -0.1) is 0 Å². The van der Waals surface area contributed by atoms with Gasteiger partial charge in [0.2, 0.25) is 0 Å². The van der Waals surface area contributed by atoms with Crippen molar-refractivity contribution in [1.29, 1.82) is 0 Å². The average Bonchev–Trinajstić information content (AvgIpc) is 2.86. The molecule has 0 radical (unpaired) electrons. The molecule has 2 aromatic carbocycles. The molecule has 0 saturated heterocycles. The molecule has 0 unspecified atom stereocenters. The summed E-state index contributed by atoms with van der Waals surface area (Å²) in [6, 6.07) is 17.5. The van der Waals surface area contributed by atoms with Gasteiger partial charge >= 0.3 is 5.97 Å². The van der Waals surface area contributed by atoms with E-state index in [0.29, 0.717) is 17.4 Å². The number of ether oxygens (including phenoxy) is 1. The lowest BCUT2D eigenvalue weighted by Gasteiger charge is -2.29. The van der Waals surface area contributed by atoms with Crippen molar-refractivity contribution < 1.29 is 9.53 Å². The first kappa shape index (κ1) is 24.0. The zero-order chi connectivity index (χ0) is 23.0. The zero-order valence-corrected chi connectivity index (χ0v) is 20.7. The second kappa shape index (κ2) is 11.9. The summed E-state index contributed by atoms with van der Waals surface area (Å²) in [5.41, 5.74) is 4.97. The topological polar surface area (TPSA) is 26.3 Å². The predicted molar refractivity (Wildman–Crippen MR) is 137 cm³/mol. The fourth-order valence-electron chi connectivity index (χ4n) is 6.06. The Kier molecular flexibility index (Phi) is 8.64. The molecule has 0 spiro atoms. The van der Waals surface area contributed by atoms with Crippen LogP contribution in [0.2, 0.25) is 0 Å². The lowest BCUT2D eigenvalue weighted by molar-refractivity contribution is 0.0195. The van der Waals surface area contributed by atoms with Gasteiger partial charge in [-0.3, -0.25) is 0 Å². The van der Waals surface area contributed by atoms with Crippen LogP contribution in [0.1, 0.15) is 123 Å². The lowest BCUT2D eigenvalue weighted by Crippen LogP contribution is -2.24. The van der Waals surface area contributed by atoms with Gasteiger partial charge < -0.3 is 4.74 Å². The van der Waals surface area contributed by atoms with Crippen LogP contribution >= 0.6 is 0 Å². The number of carbonyl (C=O) groups is 1. The number of esters is 1. The molecule has 0 aliphatic heterocycles. The van der Waals surface area contributed by atoms with E-state index in [1.807, 2.05) is 12.1 Å². The summed E-state index contributed by atoms with van der Waals surface area (Å²) in [5.74, 6) is 2.04. The Labute approximate surface area is 201 Å². The smallest absolute Gasteiger partial charge is 0.338 e. The third-order valence-corrected chi connectivity index (χ3v) is 8.10. The van der Waals surface area contributed by atoms with E-state index in [1.54, 1.807) is 0 Å². The molecule has 2 nitrogen and oxygen atoms in total. The Morgan fingerprint density at radius 2 is 1.27 bits per heavy atom. The minimum atomic E-state index is -0.152. The van der Waals surface area contributed by atoms with Crippen LogP contribution in [-0.4, -0.2) is 12.1 Å². The van der Waals surface area contributed by atoms with Crippen LogP contribution in [0.4, 0.5) is 0 Å². The molecule has 2 saturated carbocycles. The van der Waals surface area contributed by atoms with Crippen molar-refractivity contribution in [3.8, 4) is 0 Å². The largest absolute Gasteiger partial charge is 0.459 e. The molecule has 2 aliphatic rings. The van der Waals surface area contributed by atoms with Gasteiger partial charge in [0.25, 0.3) is 0 Å². The van der Waals surface area contributed by atoms with Crippen LogP contribution in [-0.2, 0) is 11.2 Å². The molecule has 2 aliphatic carbocycles. The molecule has 178 valence electrons. The number of hydrogen-bond donors (Lipinski definition) is 0. The van der Waals surface area contributed by atoms with Gasteiger partial charge in [0.15, 0.2) is 0 Å². The maximum Gasteiger partial charge on any atom is 0.338 e. The Morgan fingerprint density at radius 1 is 0.727 bits per heavy atom. The molecule has 4 rings (SSSR count). The van der Waals surface area contributed by atoms with Crippen LogP contribution in [0.15, 0.2) is 48.5 Å². The Bertz CT molecular complexity index is 851. The van der Waals surface area contributed by atoms with E-state index in [9.17, 15) is 4.79 Å². The zero-order valence-electron chi connectivity index (χ0n) is 20.7. The molecule has 0 heterocycles. The van der Waals surface area contributed by atoms with Gasteiger partial charge in [-0.2, -0.15) is 0 Å². The third kappa shape index (κ3) is 6.49. The maximum atomic E-state index is 12.7. The van der Waals surface area contributed by atoms with Crippen molar-refractivity contribution in [2.24, 2.45) is 5.92 Å². The fraction of sp³-hybridized carbons (Fsp3) is 0.581. The van der Waals surface area contributed by atoms with E-state index in [1.165, 1.54) is 61.6 Å². The van der Waals surface area contributed by atoms with Gasteiger partial charge in [0.05, 0.1) is 5.56 Å². The molecule has 33 heavy (non-hydrogen) atoms. The van der Waals surface area contributed by atoms with Gasteiger partial charge in [-0.25, -0.2) is 4.79 Å². The highest BCUT2D eigenvalue weighted by Gasteiger charge is 2.26. The summed E-state index contributed by atoms with van der Waals surface area (Å²) in [4.78, 5) is 12.7. The fourth-order valence-corrected chi connectivity index (χ4v) is 6.06. The van der Waals surface area contributed by atoms with Gasteiger partial charge in [0, 0.05) is 0 Å². The first-order chi connectivity index (χ1) is 16.2. The van der Waals surface area contributed by atoms with Crippen molar-refractivity contribution >= 4 is 5.97 Å². The second-order valence-corrected chi connectivity index (χ2v) is 10.5. The number of rotatable bonds is 8.